The molecule has 0 radical (unpaired) electrons. The van der Waals surface area contributed by atoms with Gasteiger partial charge in [0.25, 0.3) is 0 Å². The first-order valence-corrected chi connectivity index (χ1v) is 15.2. The molecule has 0 N–H and O–H groups in total. The Labute approximate surface area is 219 Å². The van der Waals surface area contributed by atoms with Crippen molar-refractivity contribution in [3.8, 4) is 0 Å². The first kappa shape index (κ1) is 28.7. The van der Waals surface area contributed by atoms with Crippen LogP contribution in [0.1, 0.15) is 50.2 Å². The maximum absolute atomic E-state index is 15.3. The Morgan fingerprint density at radius 1 is 1.13 bits per heavy atom. The second-order valence-electron chi connectivity index (χ2n) is 9.88. The molecule has 1 aliphatic heterocycles. The highest BCUT2D eigenvalue weighted by atomic mass is 32.2. The zero-order valence-electron chi connectivity index (χ0n) is 20.6. The Morgan fingerprint density at radius 2 is 1.79 bits per heavy atom. The lowest BCUT2D eigenvalue weighted by atomic mass is 9.72. The fourth-order valence-corrected chi connectivity index (χ4v) is 10.5. The summed E-state index contributed by atoms with van der Waals surface area (Å²) in [7, 11) is -8.27. The molecule has 208 valence electrons. The van der Waals surface area contributed by atoms with Crippen molar-refractivity contribution >= 4 is 19.9 Å². The van der Waals surface area contributed by atoms with Gasteiger partial charge in [0.15, 0.2) is 9.84 Å². The molecule has 0 amide bonds. The Kier molecular flexibility index (Phi) is 7.56. The average molecular weight is 578 g/mol. The fourth-order valence-electron chi connectivity index (χ4n) is 6.01. The molecule has 5 nitrogen and oxygen atoms in total. The van der Waals surface area contributed by atoms with Crippen molar-refractivity contribution in [2.24, 2.45) is 5.92 Å². The second-order valence-corrected chi connectivity index (χ2v) is 14.3. The number of nitrogens with zero attached hydrogens (tertiary/aromatic N) is 1. The highest BCUT2D eigenvalue weighted by Gasteiger charge is 2.57. The van der Waals surface area contributed by atoms with Crippen molar-refractivity contribution in [2.75, 3.05) is 6.54 Å². The Hall–Kier alpha value is -2.31. The van der Waals surface area contributed by atoms with E-state index in [0.717, 1.165) is 30.3 Å². The molecule has 1 aliphatic carbocycles. The van der Waals surface area contributed by atoms with Gasteiger partial charge in [-0.3, -0.25) is 0 Å². The van der Waals surface area contributed by atoms with E-state index in [2.05, 4.69) is 6.58 Å². The van der Waals surface area contributed by atoms with E-state index in [1.54, 1.807) is 6.92 Å². The first-order chi connectivity index (χ1) is 17.7. The van der Waals surface area contributed by atoms with Crippen molar-refractivity contribution in [1.82, 2.24) is 4.31 Å². The number of sulfonamides is 1. The van der Waals surface area contributed by atoms with Gasteiger partial charge in [0.2, 0.25) is 10.0 Å². The molecular formula is C26H28F5NO4S2. The summed E-state index contributed by atoms with van der Waals surface area (Å²) in [4.78, 5) is -0.453. The molecule has 4 atom stereocenters. The standard InChI is InChI=1S/C26H28F5NO4S2/c1-3-13-32-24-11-12-25(22-15-19(27)7-10-23(22)28,16-17(24)14-20(4-2)38(32,35)36)37(33,34)21-8-5-18(6-9-21)26(29,30)31/h3,5-10,15,17,20,24H,1,4,11-14,16H2,2H3/t17-,20?,24+,25-/m0/s1. The lowest BCUT2D eigenvalue weighted by molar-refractivity contribution is -0.137. The maximum Gasteiger partial charge on any atom is 0.416 e. The van der Waals surface area contributed by atoms with Gasteiger partial charge in [0.1, 0.15) is 16.4 Å². The lowest BCUT2D eigenvalue weighted by Gasteiger charge is -2.51. The number of hydrogen-bond acceptors (Lipinski definition) is 4. The number of fused-ring (bicyclic) bond motifs is 1. The van der Waals surface area contributed by atoms with Gasteiger partial charge in [-0.15, -0.1) is 6.58 Å². The highest BCUT2D eigenvalue weighted by Crippen LogP contribution is 2.53. The van der Waals surface area contributed by atoms with E-state index in [1.807, 2.05) is 0 Å². The molecule has 4 rings (SSSR count). The topological polar surface area (TPSA) is 71.5 Å². The monoisotopic (exact) mass is 577 g/mol. The number of alkyl halides is 3. The van der Waals surface area contributed by atoms with Crippen LogP contribution in [0.3, 0.4) is 0 Å². The van der Waals surface area contributed by atoms with E-state index >= 15 is 4.39 Å². The van der Waals surface area contributed by atoms with Gasteiger partial charge in [-0.2, -0.15) is 17.5 Å². The van der Waals surface area contributed by atoms with Gasteiger partial charge in [-0.05, 0) is 80.5 Å². The van der Waals surface area contributed by atoms with E-state index in [-0.39, 0.29) is 38.6 Å². The highest BCUT2D eigenvalue weighted by molar-refractivity contribution is 7.92. The van der Waals surface area contributed by atoms with Gasteiger partial charge in [0.05, 0.1) is 15.7 Å². The van der Waals surface area contributed by atoms with Crippen LogP contribution in [0.25, 0.3) is 0 Å². The van der Waals surface area contributed by atoms with Crippen molar-refractivity contribution in [3.63, 3.8) is 0 Å². The van der Waals surface area contributed by atoms with Crippen LogP contribution < -0.4 is 0 Å². The molecule has 1 unspecified atom stereocenters. The van der Waals surface area contributed by atoms with E-state index in [1.165, 1.54) is 10.4 Å². The van der Waals surface area contributed by atoms with Crippen LogP contribution in [0, 0.1) is 17.6 Å². The van der Waals surface area contributed by atoms with Crippen LogP contribution in [-0.2, 0) is 30.8 Å². The van der Waals surface area contributed by atoms with Crippen molar-refractivity contribution in [3.05, 3.63) is 77.9 Å². The number of benzene rings is 2. The molecule has 2 aliphatic rings. The summed E-state index contributed by atoms with van der Waals surface area (Å²) in [5.41, 5.74) is -1.46. The number of hydrogen-bond donors (Lipinski definition) is 0. The van der Waals surface area contributed by atoms with Crippen molar-refractivity contribution < 1.29 is 38.8 Å². The van der Waals surface area contributed by atoms with Crippen LogP contribution >= 0.6 is 0 Å². The third-order valence-corrected chi connectivity index (χ3v) is 12.8. The molecule has 0 bridgehead atoms. The van der Waals surface area contributed by atoms with E-state index < -0.39 is 75.7 Å². The van der Waals surface area contributed by atoms with Gasteiger partial charge >= 0.3 is 6.18 Å². The third kappa shape index (κ3) is 4.68. The molecule has 12 heteroatoms. The fraction of sp³-hybridized carbons (Fsp3) is 0.462. The molecule has 2 aromatic carbocycles. The van der Waals surface area contributed by atoms with Gasteiger partial charge in [-0.25, -0.2) is 25.6 Å². The second kappa shape index (κ2) is 10.0. The molecule has 1 saturated carbocycles. The summed E-state index contributed by atoms with van der Waals surface area (Å²) in [6.07, 6.45) is -3.29. The van der Waals surface area contributed by atoms with E-state index in [9.17, 15) is 34.4 Å². The normalized spacial score (nSPS) is 28.0. The molecule has 38 heavy (non-hydrogen) atoms. The largest absolute Gasteiger partial charge is 0.416 e. The van der Waals surface area contributed by atoms with Crippen LogP contribution in [-0.4, -0.2) is 39.0 Å². The van der Waals surface area contributed by atoms with E-state index in [4.69, 9.17) is 0 Å². The molecule has 2 fully saturated rings. The quantitative estimate of drug-likeness (QED) is 0.321. The van der Waals surface area contributed by atoms with Crippen LogP contribution in [0.5, 0.6) is 0 Å². The summed E-state index contributed by atoms with van der Waals surface area (Å²) in [5.74, 6) is -2.35. The average Bonchev–Trinajstić information content (AvgIpc) is 2.86. The van der Waals surface area contributed by atoms with Gasteiger partial charge < -0.3 is 0 Å². The summed E-state index contributed by atoms with van der Waals surface area (Å²) in [5, 5.41) is -0.800. The van der Waals surface area contributed by atoms with Crippen molar-refractivity contribution in [2.45, 2.75) is 66.1 Å². The molecule has 1 heterocycles. The number of sulfone groups is 1. The Bertz CT molecular complexity index is 1420. The molecule has 0 aromatic heterocycles. The van der Waals surface area contributed by atoms with Crippen molar-refractivity contribution in [1.29, 1.82) is 0 Å². The number of halogens is 5. The zero-order chi connectivity index (χ0) is 28.1. The minimum atomic E-state index is -4.69. The predicted molar refractivity (Wildman–Crippen MR) is 132 cm³/mol. The summed E-state index contributed by atoms with van der Waals surface area (Å²) >= 11 is 0. The molecule has 0 spiro atoms. The van der Waals surface area contributed by atoms with Gasteiger partial charge in [-0.1, -0.05) is 13.0 Å². The predicted octanol–water partition coefficient (Wildman–Crippen LogP) is 5.82. The molecule has 1 saturated heterocycles. The van der Waals surface area contributed by atoms with E-state index in [0.29, 0.717) is 12.1 Å². The SMILES string of the molecule is C=CCN1[C@@H]2CC[C@](c3cc(F)ccc3F)(S(=O)(=O)c3ccc(C(F)(F)F)cc3)C[C@@H]2CC(CC)S1(=O)=O. The van der Waals surface area contributed by atoms with Crippen LogP contribution in [0.4, 0.5) is 22.0 Å². The van der Waals surface area contributed by atoms with Crippen LogP contribution in [0.2, 0.25) is 0 Å². The van der Waals surface area contributed by atoms with Gasteiger partial charge in [0, 0.05) is 18.2 Å². The third-order valence-electron chi connectivity index (χ3n) is 7.85. The minimum absolute atomic E-state index is 0.0208. The Balaban J connectivity index is 1.88. The molecular weight excluding hydrogens is 549 g/mol. The summed E-state index contributed by atoms with van der Waals surface area (Å²) in [6, 6.07) is 4.85. The number of rotatable bonds is 6. The zero-order valence-corrected chi connectivity index (χ0v) is 22.2. The maximum atomic E-state index is 15.3. The van der Waals surface area contributed by atoms with Crippen LogP contribution in [0.15, 0.2) is 60.0 Å². The minimum Gasteiger partial charge on any atom is -0.223 e. The molecule has 2 aromatic rings. The smallest absolute Gasteiger partial charge is 0.223 e. The Morgan fingerprint density at radius 3 is 2.37 bits per heavy atom. The summed E-state index contributed by atoms with van der Waals surface area (Å²) < 4.78 is 123. The lowest BCUT2D eigenvalue weighted by Crippen LogP contribution is -2.58. The first-order valence-electron chi connectivity index (χ1n) is 12.2. The summed E-state index contributed by atoms with van der Waals surface area (Å²) in [6.45, 7) is 5.36.